The van der Waals surface area contributed by atoms with Crippen LogP contribution in [0.5, 0.6) is 17.2 Å². The highest BCUT2D eigenvalue weighted by Crippen LogP contribution is 2.43. The van der Waals surface area contributed by atoms with Gasteiger partial charge in [-0.3, -0.25) is 0 Å². The highest BCUT2D eigenvalue weighted by Gasteiger charge is 2.19. The lowest BCUT2D eigenvalue weighted by atomic mass is 9.96. The molecule has 0 spiro atoms. The van der Waals surface area contributed by atoms with Crippen LogP contribution in [-0.2, 0) is 6.42 Å². The molecule has 0 saturated heterocycles. The number of hydrogen-bond donors (Lipinski definition) is 0. The summed E-state index contributed by atoms with van der Waals surface area (Å²) in [5, 5.41) is 0. The summed E-state index contributed by atoms with van der Waals surface area (Å²) in [6.07, 6.45) is 4.45. The fourth-order valence-corrected chi connectivity index (χ4v) is 3.15. The number of fused-ring (bicyclic) bond motifs is 1. The van der Waals surface area contributed by atoms with Crippen LogP contribution in [-0.4, -0.2) is 21.3 Å². The summed E-state index contributed by atoms with van der Waals surface area (Å²) in [6, 6.07) is 10.5. The Morgan fingerprint density at radius 3 is 2.22 bits per heavy atom. The van der Waals surface area contributed by atoms with Crippen LogP contribution in [0.1, 0.15) is 24.5 Å². The van der Waals surface area contributed by atoms with Crippen LogP contribution in [0.3, 0.4) is 0 Å². The fraction of sp³-hybridized carbons (Fsp3) is 0.300. The number of benzene rings is 2. The minimum Gasteiger partial charge on any atom is -0.493 e. The SMILES string of the molecule is CCC1=Cc2c(cccc2-c2cc(OC)c(OC)c(OC)c2)C1. The molecule has 0 amide bonds. The van der Waals surface area contributed by atoms with Crippen molar-refractivity contribution in [3.8, 4) is 28.4 Å². The average molecular weight is 310 g/mol. The third kappa shape index (κ3) is 2.67. The first-order valence-electron chi connectivity index (χ1n) is 7.83. The maximum Gasteiger partial charge on any atom is 0.203 e. The summed E-state index contributed by atoms with van der Waals surface area (Å²) in [5.41, 5.74) is 6.43. The Morgan fingerprint density at radius 2 is 1.65 bits per heavy atom. The Labute approximate surface area is 137 Å². The molecule has 0 aliphatic heterocycles. The van der Waals surface area contributed by atoms with E-state index in [1.54, 1.807) is 21.3 Å². The highest BCUT2D eigenvalue weighted by atomic mass is 16.5. The van der Waals surface area contributed by atoms with Crippen LogP contribution in [0.4, 0.5) is 0 Å². The average Bonchev–Trinajstić information content (AvgIpc) is 3.03. The van der Waals surface area contributed by atoms with Crippen LogP contribution in [0, 0.1) is 0 Å². The molecule has 2 aromatic carbocycles. The summed E-state index contributed by atoms with van der Waals surface area (Å²) >= 11 is 0. The standard InChI is InChI=1S/C20H22O3/c1-5-13-9-14-7-6-8-16(17(14)10-13)15-11-18(21-2)20(23-4)19(12-15)22-3/h6-8,10-12H,5,9H2,1-4H3. The largest absolute Gasteiger partial charge is 0.493 e. The molecular weight excluding hydrogens is 288 g/mol. The Hall–Kier alpha value is -2.42. The molecule has 120 valence electrons. The molecule has 0 fully saturated rings. The summed E-state index contributed by atoms with van der Waals surface area (Å²) in [5.74, 6) is 1.98. The maximum atomic E-state index is 5.48. The second-order valence-electron chi connectivity index (χ2n) is 5.63. The van der Waals surface area contributed by atoms with Gasteiger partial charge in [0, 0.05) is 0 Å². The smallest absolute Gasteiger partial charge is 0.203 e. The lowest BCUT2D eigenvalue weighted by Crippen LogP contribution is -1.96. The Balaban J connectivity index is 2.17. The van der Waals surface area contributed by atoms with Gasteiger partial charge in [-0.05, 0) is 47.2 Å². The molecule has 0 aromatic heterocycles. The molecular formula is C20H22O3. The topological polar surface area (TPSA) is 27.7 Å². The molecule has 3 rings (SSSR count). The van der Waals surface area contributed by atoms with Crippen molar-refractivity contribution in [2.45, 2.75) is 19.8 Å². The van der Waals surface area contributed by atoms with Gasteiger partial charge >= 0.3 is 0 Å². The normalized spacial score (nSPS) is 12.6. The van der Waals surface area contributed by atoms with Gasteiger partial charge in [0.15, 0.2) is 11.5 Å². The Kier molecular flexibility index (Phi) is 4.28. The Bertz CT molecular complexity index is 734. The highest BCUT2D eigenvalue weighted by molar-refractivity contribution is 5.82. The zero-order chi connectivity index (χ0) is 16.4. The van der Waals surface area contributed by atoms with Crippen molar-refractivity contribution in [3.63, 3.8) is 0 Å². The molecule has 1 aliphatic carbocycles. The number of hydrogen-bond acceptors (Lipinski definition) is 3. The zero-order valence-electron chi connectivity index (χ0n) is 14.1. The van der Waals surface area contributed by atoms with Crippen LogP contribution in [0.25, 0.3) is 17.2 Å². The number of rotatable bonds is 5. The van der Waals surface area contributed by atoms with Gasteiger partial charge in [0.2, 0.25) is 5.75 Å². The molecule has 0 unspecified atom stereocenters. The molecule has 3 nitrogen and oxygen atoms in total. The van der Waals surface area contributed by atoms with Crippen LogP contribution < -0.4 is 14.2 Å². The molecule has 1 aliphatic rings. The minimum atomic E-state index is 0.621. The molecule has 0 bridgehead atoms. The van der Waals surface area contributed by atoms with E-state index in [1.165, 1.54) is 22.3 Å². The quantitative estimate of drug-likeness (QED) is 0.799. The third-order valence-electron chi connectivity index (χ3n) is 4.39. The van der Waals surface area contributed by atoms with E-state index in [0.29, 0.717) is 17.2 Å². The third-order valence-corrected chi connectivity index (χ3v) is 4.39. The van der Waals surface area contributed by atoms with Gasteiger partial charge in [0.25, 0.3) is 0 Å². The molecule has 2 aromatic rings. The van der Waals surface area contributed by atoms with Crippen molar-refractivity contribution in [3.05, 3.63) is 47.0 Å². The van der Waals surface area contributed by atoms with E-state index < -0.39 is 0 Å². The molecule has 0 radical (unpaired) electrons. The van der Waals surface area contributed by atoms with E-state index in [1.807, 2.05) is 12.1 Å². The van der Waals surface area contributed by atoms with Crippen molar-refractivity contribution < 1.29 is 14.2 Å². The maximum absolute atomic E-state index is 5.48. The van der Waals surface area contributed by atoms with Gasteiger partial charge in [-0.2, -0.15) is 0 Å². The van der Waals surface area contributed by atoms with E-state index >= 15 is 0 Å². The van der Waals surface area contributed by atoms with Gasteiger partial charge in [-0.25, -0.2) is 0 Å². The monoisotopic (exact) mass is 310 g/mol. The zero-order valence-corrected chi connectivity index (χ0v) is 14.1. The summed E-state index contributed by atoms with van der Waals surface area (Å²) in [7, 11) is 4.91. The van der Waals surface area contributed by atoms with Crippen molar-refractivity contribution >= 4 is 6.08 Å². The summed E-state index contributed by atoms with van der Waals surface area (Å²) in [6.45, 7) is 2.21. The lowest BCUT2D eigenvalue weighted by molar-refractivity contribution is 0.324. The van der Waals surface area contributed by atoms with E-state index in [2.05, 4.69) is 31.2 Å². The fourth-order valence-electron chi connectivity index (χ4n) is 3.15. The number of methoxy groups -OCH3 is 3. The van der Waals surface area contributed by atoms with Crippen molar-refractivity contribution in [2.24, 2.45) is 0 Å². The predicted octanol–water partition coefficient (Wildman–Crippen LogP) is 4.73. The molecule has 23 heavy (non-hydrogen) atoms. The number of allylic oxidation sites excluding steroid dienone is 1. The van der Waals surface area contributed by atoms with Crippen LogP contribution in [0.15, 0.2) is 35.9 Å². The minimum absolute atomic E-state index is 0.621. The second-order valence-corrected chi connectivity index (χ2v) is 5.63. The predicted molar refractivity (Wildman–Crippen MR) is 93.5 cm³/mol. The first kappa shape index (κ1) is 15.5. The van der Waals surface area contributed by atoms with Crippen LogP contribution >= 0.6 is 0 Å². The first-order valence-corrected chi connectivity index (χ1v) is 7.83. The van der Waals surface area contributed by atoms with Crippen molar-refractivity contribution in [2.75, 3.05) is 21.3 Å². The summed E-state index contributed by atoms with van der Waals surface area (Å²) < 4.78 is 16.4. The van der Waals surface area contributed by atoms with Crippen molar-refractivity contribution in [1.29, 1.82) is 0 Å². The van der Waals surface area contributed by atoms with Gasteiger partial charge < -0.3 is 14.2 Å². The second kappa shape index (κ2) is 6.37. The van der Waals surface area contributed by atoms with Gasteiger partial charge in [0.05, 0.1) is 21.3 Å². The van der Waals surface area contributed by atoms with E-state index in [9.17, 15) is 0 Å². The van der Waals surface area contributed by atoms with Gasteiger partial charge in [-0.1, -0.05) is 36.8 Å². The molecule has 0 atom stereocenters. The lowest BCUT2D eigenvalue weighted by Gasteiger charge is -2.15. The van der Waals surface area contributed by atoms with Crippen molar-refractivity contribution in [1.82, 2.24) is 0 Å². The van der Waals surface area contributed by atoms with Gasteiger partial charge in [0.1, 0.15) is 0 Å². The number of ether oxygens (including phenoxy) is 3. The van der Waals surface area contributed by atoms with E-state index in [0.717, 1.165) is 18.4 Å². The molecule has 0 N–H and O–H groups in total. The summed E-state index contributed by atoms with van der Waals surface area (Å²) in [4.78, 5) is 0. The molecule has 0 heterocycles. The van der Waals surface area contributed by atoms with E-state index in [-0.39, 0.29) is 0 Å². The molecule has 3 heteroatoms. The Morgan fingerprint density at radius 1 is 0.957 bits per heavy atom. The van der Waals surface area contributed by atoms with E-state index in [4.69, 9.17) is 14.2 Å². The molecule has 0 saturated carbocycles. The van der Waals surface area contributed by atoms with Crippen LogP contribution in [0.2, 0.25) is 0 Å². The first-order chi connectivity index (χ1) is 11.2. The van der Waals surface area contributed by atoms with Gasteiger partial charge in [-0.15, -0.1) is 0 Å².